The quantitative estimate of drug-likeness (QED) is 0.612. The van der Waals surface area contributed by atoms with Gasteiger partial charge in [0.25, 0.3) is 11.1 Å². The predicted octanol–water partition coefficient (Wildman–Crippen LogP) is 3.38. The topological polar surface area (TPSA) is 84.9 Å². The molecule has 1 aliphatic heterocycles. The minimum Gasteiger partial charge on any atom is -0.497 e. The normalized spacial score (nSPS) is 15.1. The number of carbonyl (C=O) groups excluding carboxylic acids is 3. The molecule has 152 valence electrons. The van der Waals surface area contributed by atoms with Crippen molar-refractivity contribution in [1.82, 2.24) is 10.2 Å². The largest absolute Gasteiger partial charge is 0.497 e. The highest BCUT2D eigenvalue weighted by Gasteiger charge is 2.34. The molecule has 1 N–H and O–H groups in total. The van der Waals surface area contributed by atoms with Gasteiger partial charge in [-0.15, -0.1) is 11.3 Å². The molecule has 0 radical (unpaired) electrons. The number of carbonyl (C=O) groups is 3. The lowest BCUT2D eigenvalue weighted by atomic mass is 10.3. The standard InChI is InChI=1S/C20H20N2O5S2/c1-26-14-4-6-15(7-5-14)27-11-8-18(23)21-9-10-22-19(24)17(29-20(22)25)13-16-3-2-12-28-16/h2-7,12-13H,8-11H2,1H3,(H,21,23). The van der Waals surface area contributed by atoms with Gasteiger partial charge in [0.05, 0.1) is 25.0 Å². The van der Waals surface area contributed by atoms with Crippen molar-refractivity contribution < 1.29 is 23.9 Å². The smallest absolute Gasteiger partial charge is 0.293 e. The van der Waals surface area contributed by atoms with Crippen LogP contribution in [0.1, 0.15) is 11.3 Å². The molecule has 2 aromatic rings. The molecule has 9 heteroatoms. The fourth-order valence-electron chi connectivity index (χ4n) is 2.52. The maximum Gasteiger partial charge on any atom is 0.293 e. The molecule has 1 fully saturated rings. The summed E-state index contributed by atoms with van der Waals surface area (Å²) < 4.78 is 10.6. The fraction of sp³-hybridized carbons (Fsp3) is 0.250. The number of thiophene rings is 1. The third-order valence-corrected chi connectivity index (χ3v) is 5.73. The molecule has 29 heavy (non-hydrogen) atoms. The molecule has 0 unspecified atom stereocenters. The van der Waals surface area contributed by atoms with E-state index < -0.39 is 0 Å². The highest BCUT2D eigenvalue weighted by atomic mass is 32.2. The van der Waals surface area contributed by atoms with Crippen molar-refractivity contribution in [3.63, 3.8) is 0 Å². The first kappa shape index (κ1) is 20.9. The van der Waals surface area contributed by atoms with Crippen molar-refractivity contribution in [2.45, 2.75) is 6.42 Å². The Hall–Kier alpha value is -2.78. The van der Waals surface area contributed by atoms with E-state index in [-0.39, 0.29) is 43.2 Å². The third kappa shape index (κ3) is 5.85. The molecule has 3 amide bonds. The maximum atomic E-state index is 12.4. The average molecular weight is 433 g/mol. The number of rotatable bonds is 9. The van der Waals surface area contributed by atoms with Gasteiger partial charge in [-0.2, -0.15) is 0 Å². The zero-order chi connectivity index (χ0) is 20.6. The number of methoxy groups -OCH3 is 1. The van der Waals surface area contributed by atoms with Crippen LogP contribution in [0.25, 0.3) is 6.08 Å². The lowest BCUT2D eigenvalue weighted by molar-refractivity contribution is -0.124. The van der Waals surface area contributed by atoms with E-state index >= 15 is 0 Å². The summed E-state index contributed by atoms with van der Waals surface area (Å²) in [6, 6.07) is 10.8. The second-order valence-electron chi connectivity index (χ2n) is 5.97. The van der Waals surface area contributed by atoms with E-state index in [2.05, 4.69) is 5.32 Å². The van der Waals surface area contributed by atoms with Gasteiger partial charge in [-0.1, -0.05) is 6.07 Å². The number of nitrogens with zero attached hydrogens (tertiary/aromatic N) is 1. The Bertz CT molecular complexity index is 894. The van der Waals surface area contributed by atoms with Gasteiger partial charge in [0, 0.05) is 18.0 Å². The average Bonchev–Trinajstić information content (AvgIpc) is 3.32. The van der Waals surface area contributed by atoms with Crippen LogP contribution < -0.4 is 14.8 Å². The molecule has 0 spiro atoms. The zero-order valence-corrected chi connectivity index (χ0v) is 17.4. The first-order chi connectivity index (χ1) is 14.1. The lowest BCUT2D eigenvalue weighted by Gasteiger charge is -2.13. The van der Waals surface area contributed by atoms with Crippen molar-refractivity contribution in [3.05, 3.63) is 51.6 Å². The van der Waals surface area contributed by atoms with Gasteiger partial charge < -0.3 is 14.8 Å². The molecular weight excluding hydrogens is 412 g/mol. The molecule has 0 saturated carbocycles. The van der Waals surface area contributed by atoms with Gasteiger partial charge in [-0.3, -0.25) is 19.3 Å². The highest BCUT2D eigenvalue weighted by Crippen LogP contribution is 2.32. The van der Waals surface area contributed by atoms with Crippen molar-refractivity contribution in [3.8, 4) is 11.5 Å². The number of amides is 3. The van der Waals surface area contributed by atoms with Gasteiger partial charge in [0.1, 0.15) is 11.5 Å². The van der Waals surface area contributed by atoms with E-state index in [9.17, 15) is 14.4 Å². The number of ether oxygens (including phenoxy) is 2. The number of hydrogen-bond acceptors (Lipinski definition) is 7. The Balaban J connectivity index is 1.38. The van der Waals surface area contributed by atoms with Gasteiger partial charge in [0.2, 0.25) is 5.91 Å². The molecule has 1 saturated heterocycles. The van der Waals surface area contributed by atoms with Gasteiger partial charge >= 0.3 is 0 Å². The third-order valence-electron chi connectivity index (χ3n) is 4.00. The summed E-state index contributed by atoms with van der Waals surface area (Å²) in [5, 5.41) is 4.29. The van der Waals surface area contributed by atoms with Crippen LogP contribution in [-0.2, 0) is 9.59 Å². The molecule has 1 aliphatic rings. The second-order valence-corrected chi connectivity index (χ2v) is 7.95. The Kier molecular flexibility index (Phi) is 7.31. The lowest BCUT2D eigenvalue weighted by Crippen LogP contribution is -2.37. The van der Waals surface area contributed by atoms with Crippen molar-refractivity contribution in [1.29, 1.82) is 0 Å². The summed E-state index contributed by atoms with van der Waals surface area (Å²) in [6.07, 6.45) is 1.89. The number of nitrogens with one attached hydrogen (secondary N) is 1. The Morgan fingerprint density at radius 2 is 1.93 bits per heavy atom. The molecule has 3 rings (SSSR count). The summed E-state index contributed by atoms with van der Waals surface area (Å²) >= 11 is 2.41. The minimum absolute atomic E-state index is 0.136. The van der Waals surface area contributed by atoms with Crippen LogP contribution in [0.2, 0.25) is 0 Å². The van der Waals surface area contributed by atoms with Crippen LogP contribution in [-0.4, -0.2) is 48.8 Å². The van der Waals surface area contributed by atoms with Crippen LogP contribution in [0, 0.1) is 0 Å². The summed E-state index contributed by atoms with van der Waals surface area (Å²) in [7, 11) is 1.59. The second kappa shape index (κ2) is 10.1. The molecule has 2 heterocycles. The Morgan fingerprint density at radius 3 is 2.62 bits per heavy atom. The number of imide groups is 1. The van der Waals surface area contributed by atoms with Gasteiger partial charge in [-0.05, 0) is 53.5 Å². The number of benzene rings is 1. The van der Waals surface area contributed by atoms with Crippen LogP contribution in [0.5, 0.6) is 11.5 Å². The van der Waals surface area contributed by atoms with Gasteiger partial charge in [0.15, 0.2) is 0 Å². The minimum atomic E-state index is -0.328. The van der Waals surface area contributed by atoms with Crippen molar-refractivity contribution in [2.75, 3.05) is 26.8 Å². The Labute approximate surface area is 176 Å². The first-order valence-electron chi connectivity index (χ1n) is 8.89. The van der Waals surface area contributed by atoms with Crippen molar-refractivity contribution in [2.24, 2.45) is 0 Å². The molecule has 0 aliphatic carbocycles. The monoisotopic (exact) mass is 432 g/mol. The maximum absolute atomic E-state index is 12.4. The van der Waals surface area contributed by atoms with E-state index in [0.29, 0.717) is 10.7 Å². The van der Waals surface area contributed by atoms with Crippen molar-refractivity contribution >= 4 is 46.2 Å². The Morgan fingerprint density at radius 1 is 1.17 bits per heavy atom. The molecule has 7 nitrogen and oxygen atoms in total. The van der Waals surface area contributed by atoms with Crippen LogP contribution in [0.4, 0.5) is 4.79 Å². The molecule has 1 aromatic heterocycles. The fourth-order valence-corrected chi connectivity index (χ4v) is 4.11. The predicted molar refractivity (Wildman–Crippen MR) is 113 cm³/mol. The zero-order valence-electron chi connectivity index (χ0n) is 15.8. The van der Waals surface area contributed by atoms with E-state index in [1.807, 2.05) is 17.5 Å². The highest BCUT2D eigenvalue weighted by molar-refractivity contribution is 8.18. The van der Waals surface area contributed by atoms with E-state index in [4.69, 9.17) is 9.47 Å². The van der Waals surface area contributed by atoms with E-state index in [1.54, 1.807) is 37.5 Å². The van der Waals surface area contributed by atoms with Crippen LogP contribution in [0.3, 0.4) is 0 Å². The first-order valence-corrected chi connectivity index (χ1v) is 10.6. The SMILES string of the molecule is COc1ccc(OCCC(=O)NCCN2C(=O)SC(=Cc3cccs3)C2=O)cc1. The molecular formula is C20H20N2O5S2. The summed E-state index contributed by atoms with van der Waals surface area (Å²) in [6.45, 7) is 0.562. The molecule has 0 bridgehead atoms. The van der Waals surface area contributed by atoms with Crippen LogP contribution >= 0.6 is 23.1 Å². The molecule has 0 atom stereocenters. The van der Waals surface area contributed by atoms with E-state index in [0.717, 1.165) is 27.3 Å². The summed E-state index contributed by atoms with van der Waals surface area (Å²) in [5.41, 5.74) is 0. The van der Waals surface area contributed by atoms with E-state index in [1.165, 1.54) is 11.3 Å². The summed E-state index contributed by atoms with van der Waals surface area (Å²) in [4.78, 5) is 38.8. The van der Waals surface area contributed by atoms with Gasteiger partial charge in [-0.25, -0.2) is 0 Å². The summed E-state index contributed by atoms with van der Waals surface area (Å²) in [5.74, 6) is 0.840. The molecule has 1 aromatic carbocycles. The number of hydrogen-bond donors (Lipinski definition) is 1. The number of thioether (sulfide) groups is 1. The van der Waals surface area contributed by atoms with Crippen LogP contribution in [0.15, 0.2) is 46.7 Å².